The summed E-state index contributed by atoms with van der Waals surface area (Å²) >= 11 is 0. The minimum atomic E-state index is -0.617. The van der Waals surface area contributed by atoms with Crippen molar-refractivity contribution < 1.29 is 13.6 Å². The Bertz CT molecular complexity index is 537. The number of amides is 1. The maximum atomic E-state index is 13.9. The van der Waals surface area contributed by atoms with Crippen molar-refractivity contribution in [1.29, 1.82) is 0 Å². The summed E-state index contributed by atoms with van der Waals surface area (Å²) in [5.74, 6) is -1.25. The minimum absolute atomic E-state index is 0.0287. The number of likely N-dealkylation sites (tertiary alicyclic amines) is 1. The van der Waals surface area contributed by atoms with Crippen LogP contribution in [0.4, 0.5) is 8.78 Å². The van der Waals surface area contributed by atoms with Crippen molar-refractivity contribution in [3.63, 3.8) is 0 Å². The molecule has 108 valence electrons. The van der Waals surface area contributed by atoms with Crippen LogP contribution in [-0.4, -0.2) is 48.4 Å². The molecule has 2 aliphatic heterocycles. The van der Waals surface area contributed by atoms with Crippen LogP contribution in [-0.2, 0) is 4.79 Å². The first-order chi connectivity index (χ1) is 9.56. The van der Waals surface area contributed by atoms with Crippen LogP contribution in [0.15, 0.2) is 18.2 Å². The highest BCUT2D eigenvalue weighted by Gasteiger charge is 2.39. The van der Waals surface area contributed by atoms with E-state index in [1.807, 2.05) is 7.05 Å². The van der Waals surface area contributed by atoms with Gasteiger partial charge in [0.2, 0.25) is 5.91 Å². The quantitative estimate of drug-likeness (QED) is 0.882. The predicted octanol–water partition coefficient (Wildman–Crippen LogP) is 1.10. The summed E-state index contributed by atoms with van der Waals surface area (Å²) in [6.07, 6.45) is 0.378. The van der Waals surface area contributed by atoms with E-state index in [1.165, 1.54) is 12.1 Å². The van der Waals surface area contributed by atoms with Gasteiger partial charge in [0.05, 0.1) is 6.54 Å². The molecule has 2 fully saturated rings. The molecule has 2 saturated heterocycles. The van der Waals surface area contributed by atoms with Gasteiger partial charge in [0.1, 0.15) is 17.8 Å². The number of nitrogens with zero attached hydrogens (tertiary/aromatic N) is 2. The average Bonchev–Trinajstić information content (AvgIpc) is 2.96. The Morgan fingerprint density at radius 1 is 1.35 bits per heavy atom. The second-order valence-electron chi connectivity index (χ2n) is 5.46. The van der Waals surface area contributed by atoms with Gasteiger partial charge in [0.15, 0.2) is 0 Å². The van der Waals surface area contributed by atoms with E-state index in [-0.39, 0.29) is 18.5 Å². The molecule has 1 aromatic rings. The number of hydrogen-bond acceptors (Lipinski definition) is 3. The number of nitrogens with one attached hydrogen (secondary N) is 1. The number of hydrogen-bond donors (Lipinski definition) is 1. The van der Waals surface area contributed by atoms with Crippen molar-refractivity contribution in [3.8, 4) is 0 Å². The van der Waals surface area contributed by atoms with Gasteiger partial charge in [-0.25, -0.2) is 8.78 Å². The largest absolute Gasteiger partial charge is 0.317 e. The Balaban J connectivity index is 1.89. The third kappa shape index (κ3) is 2.29. The van der Waals surface area contributed by atoms with Crippen LogP contribution in [0.3, 0.4) is 0 Å². The second kappa shape index (κ2) is 5.10. The maximum Gasteiger partial charge on any atom is 0.238 e. The van der Waals surface area contributed by atoms with Gasteiger partial charge in [-0.2, -0.15) is 0 Å². The van der Waals surface area contributed by atoms with Crippen LogP contribution >= 0.6 is 0 Å². The molecule has 0 saturated carbocycles. The zero-order chi connectivity index (χ0) is 14.3. The first kappa shape index (κ1) is 13.5. The van der Waals surface area contributed by atoms with Crippen molar-refractivity contribution in [2.45, 2.75) is 18.6 Å². The fourth-order valence-corrected chi connectivity index (χ4v) is 3.05. The zero-order valence-corrected chi connectivity index (χ0v) is 11.3. The highest BCUT2D eigenvalue weighted by Crippen LogP contribution is 2.30. The fraction of sp³-hybridized carbons (Fsp3) is 0.500. The van der Waals surface area contributed by atoms with Crippen LogP contribution in [0.5, 0.6) is 0 Å². The van der Waals surface area contributed by atoms with E-state index in [4.69, 9.17) is 0 Å². The molecular weight excluding hydrogens is 264 g/mol. The minimum Gasteiger partial charge on any atom is -0.317 e. The molecule has 1 N–H and O–H groups in total. The van der Waals surface area contributed by atoms with Crippen molar-refractivity contribution in [1.82, 2.24) is 15.1 Å². The monoisotopic (exact) mass is 281 g/mol. The average molecular weight is 281 g/mol. The molecule has 2 unspecified atom stereocenters. The molecule has 0 aliphatic carbocycles. The van der Waals surface area contributed by atoms with Crippen molar-refractivity contribution in [3.05, 3.63) is 35.4 Å². The molecule has 20 heavy (non-hydrogen) atoms. The van der Waals surface area contributed by atoms with E-state index in [1.54, 1.807) is 4.90 Å². The smallest absolute Gasteiger partial charge is 0.238 e. The Morgan fingerprint density at radius 2 is 2.15 bits per heavy atom. The number of benzene rings is 1. The molecule has 0 aromatic heterocycles. The second-order valence-corrected chi connectivity index (χ2v) is 5.46. The van der Waals surface area contributed by atoms with Crippen LogP contribution in [0.25, 0.3) is 0 Å². The zero-order valence-electron chi connectivity index (χ0n) is 11.3. The number of halogens is 2. The van der Waals surface area contributed by atoms with Crippen molar-refractivity contribution >= 4 is 5.91 Å². The Morgan fingerprint density at radius 3 is 2.80 bits per heavy atom. The van der Waals surface area contributed by atoms with Crippen LogP contribution in [0.2, 0.25) is 0 Å². The highest BCUT2D eigenvalue weighted by atomic mass is 19.1. The van der Waals surface area contributed by atoms with Crippen molar-refractivity contribution in [2.24, 2.45) is 0 Å². The Labute approximate surface area is 116 Å². The van der Waals surface area contributed by atoms with Crippen LogP contribution in [0.1, 0.15) is 18.2 Å². The lowest BCUT2D eigenvalue weighted by Gasteiger charge is -2.30. The molecule has 2 atom stereocenters. The first-order valence-electron chi connectivity index (χ1n) is 6.74. The van der Waals surface area contributed by atoms with E-state index in [0.717, 1.165) is 25.6 Å². The third-order valence-corrected chi connectivity index (χ3v) is 4.03. The van der Waals surface area contributed by atoms with E-state index in [9.17, 15) is 13.6 Å². The van der Waals surface area contributed by atoms with E-state index >= 15 is 0 Å². The van der Waals surface area contributed by atoms with Crippen molar-refractivity contribution in [2.75, 3.05) is 26.7 Å². The molecule has 0 bridgehead atoms. The summed E-state index contributed by atoms with van der Waals surface area (Å²) in [5, 5.41) is 3.02. The molecule has 0 radical (unpaired) electrons. The molecule has 6 heteroatoms. The maximum absolute atomic E-state index is 13.9. The normalized spacial score (nSPS) is 27.6. The molecular formula is C14H17F2N3O. The molecule has 0 spiro atoms. The molecule has 2 aliphatic rings. The van der Waals surface area contributed by atoms with E-state index in [0.29, 0.717) is 5.56 Å². The third-order valence-electron chi connectivity index (χ3n) is 4.03. The van der Waals surface area contributed by atoms with Gasteiger partial charge < -0.3 is 9.80 Å². The Kier molecular flexibility index (Phi) is 3.43. The van der Waals surface area contributed by atoms with E-state index in [2.05, 4.69) is 10.2 Å². The number of rotatable bonds is 2. The van der Waals surface area contributed by atoms with Gasteiger partial charge in [-0.15, -0.1) is 0 Å². The van der Waals surface area contributed by atoms with Gasteiger partial charge in [-0.3, -0.25) is 10.1 Å². The molecule has 3 rings (SSSR count). The van der Waals surface area contributed by atoms with Gasteiger partial charge in [-0.05, 0) is 32.1 Å². The van der Waals surface area contributed by atoms with Crippen LogP contribution in [0, 0.1) is 11.6 Å². The van der Waals surface area contributed by atoms with Gasteiger partial charge in [-0.1, -0.05) is 0 Å². The standard InChI is InChI=1S/C14H17F2N3O/c1-18-5-4-10(8-18)19-13(20)7-17-14(19)11-3-2-9(15)6-12(11)16/h2-3,6,10,14,17H,4-5,7-8H2,1H3. The summed E-state index contributed by atoms with van der Waals surface area (Å²) in [7, 11) is 2.00. The summed E-state index contributed by atoms with van der Waals surface area (Å²) < 4.78 is 27.0. The number of carbonyl (C=O) groups is 1. The molecule has 1 aromatic carbocycles. The predicted molar refractivity (Wildman–Crippen MR) is 69.8 cm³/mol. The lowest BCUT2D eigenvalue weighted by atomic mass is 10.1. The lowest BCUT2D eigenvalue weighted by Crippen LogP contribution is -2.41. The summed E-state index contributed by atoms with van der Waals surface area (Å²) in [6, 6.07) is 3.57. The summed E-state index contributed by atoms with van der Waals surface area (Å²) in [4.78, 5) is 15.9. The first-order valence-corrected chi connectivity index (χ1v) is 6.74. The van der Waals surface area contributed by atoms with Gasteiger partial charge in [0.25, 0.3) is 0 Å². The fourth-order valence-electron chi connectivity index (χ4n) is 3.05. The molecule has 2 heterocycles. The lowest BCUT2D eigenvalue weighted by molar-refractivity contribution is -0.130. The number of carbonyl (C=O) groups excluding carboxylic acids is 1. The van der Waals surface area contributed by atoms with E-state index < -0.39 is 17.8 Å². The Hall–Kier alpha value is -1.53. The summed E-state index contributed by atoms with van der Waals surface area (Å²) in [5.41, 5.74) is 0.326. The molecule has 1 amide bonds. The van der Waals surface area contributed by atoms with Crippen LogP contribution < -0.4 is 5.32 Å². The van der Waals surface area contributed by atoms with Gasteiger partial charge in [0, 0.05) is 24.2 Å². The number of likely N-dealkylation sites (N-methyl/N-ethyl adjacent to an activating group) is 1. The SMILES string of the molecule is CN1CCC(N2C(=O)CNC2c2ccc(F)cc2F)C1. The highest BCUT2D eigenvalue weighted by molar-refractivity contribution is 5.81. The van der Waals surface area contributed by atoms with Gasteiger partial charge >= 0.3 is 0 Å². The summed E-state index contributed by atoms with van der Waals surface area (Å²) in [6.45, 7) is 1.90. The topological polar surface area (TPSA) is 35.6 Å². The molecule has 4 nitrogen and oxygen atoms in total.